The molecule has 0 radical (unpaired) electrons. The van der Waals surface area contributed by atoms with Crippen molar-refractivity contribution in [2.45, 2.75) is 12.7 Å². The summed E-state index contributed by atoms with van der Waals surface area (Å²) in [5, 5.41) is 0. The minimum atomic E-state index is -4.21. The topological polar surface area (TPSA) is 29.5 Å². The molecule has 0 saturated carbocycles. The number of benzene rings is 1. The summed E-state index contributed by atoms with van der Waals surface area (Å²) in [6.45, 7) is -0.799. The molecule has 1 aromatic rings. The molecule has 0 heterocycles. The molecule has 18 heavy (non-hydrogen) atoms. The van der Waals surface area contributed by atoms with Crippen LogP contribution in [0.5, 0.6) is 0 Å². The van der Waals surface area contributed by atoms with Crippen LogP contribution >= 0.6 is 0 Å². The van der Waals surface area contributed by atoms with Gasteiger partial charge in [0.05, 0.1) is 19.2 Å². The highest BCUT2D eigenvalue weighted by molar-refractivity contribution is 5.89. The van der Waals surface area contributed by atoms with E-state index in [4.69, 9.17) is 0 Å². The molecule has 0 saturated heterocycles. The van der Waals surface area contributed by atoms with Crippen LogP contribution in [0.25, 0.3) is 0 Å². The second kappa shape index (κ2) is 5.86. The van der Waals surface area contributed by atoms with Gasteiger partial charge in [-0.15, -0.1) is 0 Å². The third kappa shape index (κ3) is 4.75. The van der Waals surface area contributed by atoms with Gasteiger partial charge in [0.25, 0.3) is 0 Å². The molecule has 0 unspecified atom stereocenters. The number of alkyl halides is 3. The van der Waals surface area contributed by atoms with E-state index in [1.54, 1.807) is 12.1 Å². The third-order valence-corrected chi connectivity index (χ3v) is 2.28. The van der Waals surface area contributed by atoms with E-state index in [1.807, 2.05) is 0 Å². The van der Waals surface area contributed by atoms with E-state index in [0.717, 1.165) is 4.90 Å². The van der Waals surface area contributed by atoms with Crippen LogP contribution in [0.15, 0.2) is 24.3 Å². The first-order valence-electron chi connectivity index (χ1n) is 5.24. The van der Waals surface area contributed by atoms with Gasteiger partial charge in [0.1, 0.15) is 0 Å². The number of hydrogen-bond acceptors (Lipinski definition) is 3. The van der Waals surface area contributed by atoms with Gasteiger partial charge in [-0.05, 0) is 24.7 Å². The molecule has 3 nitrogen and oxygen atoms in total. The van der Waals surface area contributed by atoms with Crippen LogP contribution in [-0.2, 0) is 11.3 Å². The molecule has 0 bridgehead atoms. The molecule has 0 aromatic heterocycles. The maximum absolute atomic E-state index is 12.1. The molecule has 0 spiro atoms. The average molecular weight is 261 g/mol. The van der Waals surface area contributed by atoms with E-state index in [1.165, 1.54) is 26.3 Å². The first-order valence-corrected chi connectivity index (χ1v) is 5.24. The quantitative estimate of drug-likeness (QED) is 0.780. The maximum Gasteiger partial charge on any atom is 0.401 e. The van der Waals surface area contributed by atoms with E-state index in [-0.39, 0.29) is 6.54 Å². The minimum Gasteiger partial charge on any atom is -0.465 e. The van der Waals surface area contributed by atoms with Gasteiger partial charge in [-0.3, -0.25) is 4.90 Å². The van der Waals surface area contributed by atoms with Crippen LogP contribution < -0.4 is 0 Å². The Morgan fingerprint density at radius 3 is 2.28 bits per heavy atom. The molecule has 1 aromatic carbocycles. The number of ether oxygens (including phenoxy) is 1. The summed E-state index contributed by atoms with van der Waals surface area (Å²) < 4.78 is 40.9. The molecule has 0 N–H and O–H groups in total. The van der Waals surface area contributed by atoms with Crippen molar-refractivity contribution in [3.8, 4) is 0 Å². The van der Waals surface area contributed by atoms with E-state index in [9.17, 15) is 18.0 Å². The third-order valence-electron chi connectivity index (χ3n) is 2.28. The van der Waals surface area contributed by atoms with Crippen LogP contribution in [0.3, 0.4) is 0 Å². The lowest BCUT2D eigenvalue weighted by Gasteiger charge is -2.18. The average Bonchev–Trinajstić information content (AvgIpc) is 2.26. The molecule has 0 atom stereocenters. The Balaban J connectivity index is 2.61. The van der Waals surface area contributed by atoms with Gasteiger partial charge in [-0.1, -0.05) is 12.1 Å². The highest BCUT2D eigenvalue weighted by Crippen LogP contribution is 2.17. The van der Waals surface area contributed by atoms with Gasteiger partial charge < -0.3 is 4.74 Å². The zero-order valence-corrected chi connectivity index (χ0v) is 10.1. The van der Waals surface area contributed by atoms with Crippen molar-refractivity contribution >= 4 is 5.97 Å². The van der Waals surface area contributed by atoms with E-state index >= 15 is 0 Å². The second-order valence-electron chi connectivity index (χ2n) is 3.98. The van der Waals surface area contributed by atoms with Crippen molar-refractivity contribution in [2.75, 3.05) is 20.7 Å². The van der Waals surface area contributed by atoms with Crippen molar-refractivity contribution in [3.05, 3.63) is 35.4 Å². The van der Waals surface area contributed by atoms with Crippen molar-refractivity contribution in [2.24, 2.45) is 0 Å². The number of hydrogen-bond donors (Lipinski definition) is 0. The number of carbonyl (C=O) groups is 1. The fourth-order valence-corrected chi connectivity index (χ4v) is 1.54. The lowest BCUT2D eigenvalue weighted by Crippen LogP contribution is -2.30. The van der Waals surface area contributed by atoms with E-state index in [0.29, 0.717) is 11.1 Å². The number of carbonyl (C=O) groups excluding carboxylic acids is 1. The molecule has 0 aliphatic rings. The summed E-state index contributed by atoms with van der Waals surface area (Å²) in [4.78, 5) is 12.3. The van der Waals surface area contributed by atoms with Gasteiger partial charge in [0.2, 0.25) is 0 Å². The molecular formula is C12H14F3NO2. The molecule has 0 amide bonds. The predicted molar refractivity (Wildman–Crippen MR) is 60.2 cm³/mol. The van der Waals surface area contributed by atoms with Crippen LogP contribution in [0.4, 0.5) is 13.2 Å². The Labute approximate surface area is 103 Å². The van der Waals surface area contributed by atoms with Crippen LogP contribution in [-0.4, -0.2) is 37.7 Å². The van der Waals surface area contributed by atoms with E-state index < -0.39 is 18.7 Å². The normalized spacial score (nSPS) is 11.7. The summed E-state index contributed by atoms with van der Waals surface area (Å²) >= 11 is 0. The van der Waals surface area contributed by atoms with Gasteiger partial charge in [-0.25, -0.2) is 4.79 Å². The maximum atomic E-state index is 12.1. The summed E-state index contributed by atoms with van der Waals surface area (Å²) in [6.07, 6.45) is -4.21. The monoisotopic (exact) mass is 261 g/mol. The SMILES string of the molecule is COC(=O)c1ccc(CN(C)CC(F)(F)F)cc1. The lowest BCUT2D eigenvalue weighted by atomic mass is 10.1. The lowest BCUT2D eigenvalue weighted by molar-refractivity contribution is -0.144. The number of methoxy groups -OCH3 is 1. The number of esters is 1. The summed E-state index contributed by atoms with van der Waals surface area (Å²) in [5.74, 6) is -0.467. The smallest absolute Gasteiger partial charge is 0.401 e. The van der Waals surface area contributed by atoms with Crippen molar-refractivity contribution in [3.63, 3.8) is 0 Å². The minimum absolute atomic E-state index is 0.168. The van der Waals surface area contributed by atoms with Gasteiger partial charge in [-0.2, -0.15) is 13.2 Å². The first kappa shape index (κ1) is 14.5. The Kier molecular flexibility index (Phi) is 4.72. The van der Waals surface area contributed by atoms with Crippen molar-refractivity contribution < 1.29 is 22.7 Å². The Morgan fingerprint density at radius 2 is 1.83 bits per heavy atom. The Bertz CT molecular complexity index is 401. The van der Waals surface area contributed by atoms with Crippen LogP contribution in [0.2, 0.25) is 0 Å². The number of halogens is 3. The highest BCUT2D eigenvalue weighted by Gasteiger charge is 2.28. The highest BCUT2D eigenvalue weighted by atomic mass is 19.4. The van der Waals surface area contributed by atoms with Gasteiger partial charge in [0, 0.05) is 6.54 Å². The van der Waals surface area contributed by atoms with Gasteiger partial charge in [0.15, 0.2) is 0 Å². The fraction of sp³-hybridized carbons (Fsp3) is 0.417. The molecule has 0 aliphatic carbocycles. The molecule has 100 valence electrons. The standard InChI is InChI=1S/C12H14F3NO2/c1-16(8-12(13,14)15)7-9-3-5-10(6-4-9)11(17)18-2/h3-6H,7-8H2,1-2H3. The second-order valence-corrected chi connectivity index (χ2v) is 3.98. The molecule has 0 aliphatic heterocycles. The van der Waals surface area contributed by atoms with E-state index in [2.05, 4.69) is 4.74 Å². The zero-order chi connectivity index (χ0) is 13.8. The molecule has 0 fully saturated rings. The number of nitrogens with zero attached hydrogens (tertiary/aromatic N) is 1. The molecule has 6 heteroatoms. The first-order chi connectivity index (χ1) is 8.31. The summed E-state index contributed by atoms with van der Waals surface area (Å²) in [7, 11) is 2.66. The Morgan fingerprint density at radius 1 is 1.28 bits per heavy atom. The molecule has 1 rings (SSSR count). The fourth-order valence-electron chi connectivity index (χ4n) is 1.54. The van der Waals surface area contributed by atoms with Crippen molar-refractivity contribution in [1.29, 1.82) is 0 Å². The summed E-state index contributed by atoms with van der Waals surface area (Å²) in [6, 6.07) is 6.28. The Hall–Kier alpha value is -1.56. The summed E-state index contributed by atoms with van der Waals surface area (Å²) in [5.41, 5.74) is 1.08. The van der Waals surface area contributed by atoms with Crippen LogP contribution in [0, 0.1) is 0 Å². The number of rotatable bonds is 4. The molecular weight excluding hydrogens is 247 g/mol. The zero-order valence-electron chi connectivity index (χ0n) is 10.1. The largest absolute Gasteiger partial charge is 0.465 e. The van der Waals surface area contributed by atoms with Crippen LogP contribution in [0.1, 0.15) is 15.9 Å². The van der Waals surface area contributed by atoms with Crippen molar-refractivity contribution in [1.82, 2.24) is 4.90 Å². The predicted octanol–water partition coefficient (Wildman–Crippen LogP) is 2.47. The van der Waals surface area contributed by atoms with Gasteiger partial charge >= 0.3 is 12.1 Å².